The number of nitrogens with zero attached hydrogens (tertiary/aromatic N) is 1. The second-order valence-electron chi connectivity index (χ2n) is 2.16. The topological polar surface area (TPSA) is 76.0 Å². The fourth-order valence-electron chi connectivity index (χ4n) is 0.680. The van der Waals surface area contributed by atoms with Crippen LogP contribution in [-0.2, 0) is 14.5 Å². The maximum absolute atomic E-state index is 10.6. The van der Waals surface area contributed by atoms with Gasteiger partial charge in [0.05, 0.1) is 0 Å². The van der Waals surface area contributed by atoms with Crippen LogP contribution in [-0.4, -0.2) is 23.3 Å². The summed E-state index contributed by atoms with van der Waals surface area (Å²) in [6, 6.07) is 0. The molecule has 0 aromatic carbocycles. The van der Waals surface area contributed by atoms with Crippen molar-refractivity contribution in [3.8, 4) is 0 Å². The summed E-state index contributed by atoms with van der Waals surface area (Å²) in [4.78, 5) is 27.2. The van der Waals surface area contributed by atoms with Gasteiger partial charge in [-0.15, -0.1) is 0 Å². The third kappa shape index (κ3) is 3.82. The number of aliphatic imine (C=N–C) groups is 1. The average Bonchev–Trinajstić information content (AvgIpc) is 2.11. The van der Waals surface area contributed by atoms with Gasteiger partial charge in [-0.1, -0.05) is 13.3 Å². The van der Waals surface area contributed by atoms with E-state index in [1.807, 2.05) is 6.92 Å². The number of carbonyl (C=O) groups excluding carboxylic acids is 2. The zero-order valence-corrected chi connectivity index (χ0v) is 6.82. The summed E-state index contributed by atoms with van der Waals surface area (Å²) in [5.41, 5.74) is -0.0469. The van der Waals surface area contributed by atoms with Crippen LogP contribution in [0.5, 0.6) is 0 Å². The summed E-state index contributed by atoms with van der Waals surface area (Å²) in [6.45, 7) is 1.93. The average molecular weight is 173 g/mol. The van der Waals surface area contributed by atoms with Crippen LogP contribution in [0.15, 0.2) is 4.99 Å². The second-order valence-corrected chi connectivity index (χ2v) is 2.16. The highest BCUT2D eigenvalue weighted by atomic mass is 17.1. The Morgan fingerprint density at radius 2 is 2.33 bits per heavy atom. The predicted octanol–water partition coefficient (Wildman–Crippen LogP) is 0.790. The summed E-state index contributed by atoms with van der Waals surface area (Å²) in [7, 11) is 0. The van der Waals surface area contributed by atoms with Gasteiger partial charge in [0, 0.05) is 0 Å². The Hall–Kier alpha value is -1.23. The minimum atomic E-state index is -0.962. The fourth-order valence-corrected chi connectivity index (χ4v) is 0.680. The molecule has 68 valence electrons. The van der Waals surface area contributed by atoms with E-state index in [0.29, 0.717) is 6.42 Å². The van der Waals surface area contributed by atoms with E-state index in [-0.39, 0.29) is 12.1 Å². The molecule has 0 spiro atoms. The van der Waals surface area contributed by atoms with Crippen molar-refractivity contribution in [2.45, 2.75) is 26.2 Å². The molecule has 0 aromatic heterocycles. The van der Waals surface area contributed by atoms with Gasteiger partial charge in [-0.25, -0.2) is 9.79 Å². The Balaban J connectivity index is 4.13. The maximum atomic E-state index is 10.6. The standard InChI is InChI=1S/C7H11NO4/c1-2-3-4-6(8-5-9)7(10)12-11/h5,11H,2-4H2,1H3. The molecule has 0 atom stereocenters. The predicted molar refractivity (Wildman–Crippen MR) is 41.7 cm³/mol. The molecule has 0 rings (SSSR count). The van der Waals surface area contributed by atoms with Gasteiger partial charge in [-0.05, 0) is 12.8 Å². The first-order valence-corrected chi connectivity index (χ1v) is 3.62. The Morgan fingerprint density at radius 1 is 1.67 bits per heavy atom. The highest BCUT2D eigenvalue weighted by Gasteiger charge is 2.11. The molecular weight excluding hydrogens is 162 g/mol. The van der Waals surface area contributed by atoms with Crippen LogP contribution in [0.4, 0.5) is 0 Å². The van der Waals surface area contributed by atoms with E-state index >= 15 is 0 Å². The normalized spacial score (nSPS) is 11.0. The molecule has 0 aliphatic heterocycles. The first kappa shape index (κ1) is 10.8. The molecule has 1 N–H and O–H groups in total. The van der Waals surface area contributed by atoms with Crippen LogP contribution in [0.25, 0.3) is 0 Å². The maximum Gasteiger partial charge on any atom is 0.386 e. The highest BCUT2D eigenvalue weighted by Crippen LogP contribution is 1.98. The van der Waals surface area contributed by atoms with Crippen molar-refractivity contribution in [1.82, 2.24) is 0 Å². The van der Waals surface area contributed by atoms with Gasteiger partial charge in [0.2, 0.25) is 6.41 Å². The van der Waals surface area contributed by atoms with Gasteiger partial charge in [0.1, 0.15) is 5.71 Å². The molecule has 0 aliphatic carbocycles. The van der Waals surface area contributed by atoms with Gasteiger partial charge in [0.15, 0.2) is 0 Å². The molecule has 1 amide bonds. The Kier molecular flexibility index (Phi) is 5.81. The van der Waals surface area contributed by atoms with E-state index in [9.17, 15) is 9.59 Å². The lowest BCUT2D eigenvalue weighted by Gasteiger charge is -1.98. The first-order chi connectivity index (χ1) is 5.76. The van der Waals surface area contributed by atoms with E-state index in [4.69, 9.17) is 5.26 Å². The molecule has 5 heteroatoms. The second kappa shape index (κ2) is 6.48. The molecule has 0 aliphatic rings. The van der Waals surface area contributed by atoms with Crippen molar-refractivity contribution >= 4 is 18.1 Å². The molecule has 5 nitrogen and oxygen atoms in total. The molecule has 0 saturated heterocycles. The lowest BCUT2D eigenvalue weighted by molar-refractivity contribution is -0.225. The SMILES string of the molecule is CCCCC(=NC=O)C(=O)OO. The lowest BCUT2D eigenvalue weighted by atomic mass is 10.2. The van der Waals surface area contributed by atoms with Crippen molar-refractivity contribution in [3.63, 3.8) is 0 Å². The van der Waals surface area contributed by atoms with E-state index < -0.39 is 5.97 Å². The number of hydrogen-bond acceptors (Lipinski definition) is 4. The summed E-state index contributed by atoms with van der Waals surface area (Å²) in [5, 5.41) is 7.98. The molecule has 0 fully saturated rings. The number of unbranched alkanes of at least 4 members (excludes halogenated alkanes) is 1. The third-order valence-corrected chi connectivity index (χ3v) is 1.29. The fraction of sp³-hybridized carbons (Fsp3) is 0.571. The van der Waals surface area contributed by atoms with Crippen molar-refractivity contribution in [2.75, 3.05) is 0 Å². The summed E-state index contributed by atoms with van der Waals surface area (Å²) >= 11 is 0. The zero-order chi connectivity index (χ0) is 9.40. The summed E-state index contributed by atoms with van der Waals surface area (Å²) in [5.74, 6) is -0.962. The number of hydrogen-bond donors (Lipinski definition) is 1. The van der Waals surface area contributed by atoms with Gasteiger partial charge in [-0.2, -0.15) is 5.26 Å². The Bertz CT molecular complexity index is 188. The molecule has 0 heterocycles. The monoisotopic (exact) mass is 173 g/mol. The first-order valence-electron chi connectivity index (χ1n) is 3.62. The van der Waals surface area contributed by atoms with Crippen LogP contribution >= 0.6 is 0 Å². The van der Waals surface area contributed by atoms with Gasteiger partial charge >= 0.3 is 5.97 Å². The van der Waals surface area contributed by atoms with Crippen molar-refractivity contribution in [2.24, 2.45) is 4.99 Å². The van der Waals surface area contributed by atoms with E-state index in [0.717, 1.165) is 12.8 Å². The van der Waals surface area contributed by atoms with Gasteiger partial charge < -0.3 is 0 Å². The van der Waals surface area contributed by atoms with Gasteiger partial charge in [-0.3, -0.25) is 9.68 Å². The van der Waals surface area contributed by atoms with Crippen LogP contribution in [0.3, 0.4) is 0 Å². The van der Waals surface area contributed by atoms with Gasteiger partial charge in [0.25, 0.3) is 0 Å². The van der Waals surface area contributed by atoms with E-state index in [1.165, 1.54) is 0 Å². The minimum Gasteiger partial charge on any atom is -0.294 e. The summed E-state index contributed by atoms with van der Waals surface area (Å²) < 4.78 is 0. The molecule has 0 bridgehead atoms. The molecule has 0 saturated carbocycles. The Labute approximate surface area is 70.0 Å². The highest BCUT2D eigenvalue weighted by molar-refractivity contribution is 6.37. The molecule has 0 unspecified atom stereocenters. The number of carbonyl (C=O) groups is 2. The van der Waals surface area contributed by atoms with E-state index in [2.05, 4.69) is 9.88 Å². The molecule has 0 aromatic rings. The lowest BCUT2D eigenvalue weighted by Crippen LogP contribution is -2.16. The van der Waals surface area contributed by atoms with E-state index in [1.54, 1.807) is 0 Å². The van der Waals surface area contributed by atoms with Crippen LogP contribution in [0.2, 0.25) is 0 Å². The number of amides is 1. The van der Waals surface area contributed by atoms with Crippen molar-refractivity contribution in [1.29, 1.82) is 0 Å². The number of rotatable bonds is 5. The summed E-state index contributed by atoms with van der Waals surface area (Å²) in [6.07, 6.45) is 2.19. The quantitative estimate of drug-likeness (QED) is 0.288. The molecular formula is C7H11NO4. The largest absolute Gasteiger partial charge is 0.386 e. The third-order valence-electron chi connectivity index (χ3n) is 1.29. The van der Waals surface area contributed by atoms with Crippen LogP contribution < -0.4 is 0 Å². The van der Waals surface area contributed by atoms with Crippen molar-refractivity contribution in [3.05, 3.63) is 0 Å². The molecule has 12 heavy (non-hydrogen) atoms. The smallest absolute Gasteiger partial charge is 0.294 e. The van der Waals surface area contributed by atoms with Crippen LogP contribution in [0.1, 0.15) is 26.2 Å². The minimum absolute atomic E-state index is 0.0469. The Morgan fingerprint density at radius 3 is 2.75 bits per heavy atom. The molecule has 0 radical (unpaired) electrons. The zero-order valence-electron chi connectivity index (χ0n) is 6.82. The van der Waals surface area contributed by atoms with Crippen molar-refractivity contribution < 1.29 is 19.7 Å². The van der Waals surface area contributed by atoms with Crippen LogP contribution in [0, 0.1) is 0 Å².